The lowest BCUT2D eigenvalue weighted by Gasteiger charge is -2.06. The van der Waals surface area contributed by atoms with Crippen LogP contribution in [0.4, 0.5) is 13.2 Å². The monoisotopic (exact) mass is 206 g/mol. The number of rotatable bonds is 2. The number of carbonyl (C=O) groups is 1. The highest BCUT2D eigenvalue weighted by molar-refractivity contribution is 5.88. The number of hydrogen-bond donors (Lipinski definition) is 1. The van der Waals surface area contributed by atoms with Gasteiger partial charge >= 0.3 is 5.97 Å². The van der Waals surface area contributed by atoms with Gasteiger partial charge in [0.25, 0.3) is 0 Å². The Bertz CT molecular complexity index is 390. The molecule has 0 aliphatic heterocycles. The van der Waals surface area contributed by atoms with Crippen molar-refractivity contribution in [2.75, 3.05) is 7.11 Å². The lowest BCUT2D eigenvalue weighted by Crippen LogP contribution is -2.07. The fourth-order valence-electron chi connectivity index (χ4n) is 0.955. The molecule has 0 spiro atoms. The Balaban J connectivity index is 3.52. The fraction of sp³-hybridized carbons (Fsp3) is 0.125. The molecule has 1 rings (SSSR count). The van der Waals surface area contributed by atoms with Gasteiger partial charge in [-0.15, -0.1) is 0 Å². The molecule has 0 aliphatic carbocycles. The molecular weight excluding hydrogens is 201 g/mol. The molecule has 6 heteroatoms. The first-order valence-electron chi connectivity index (χ1n) is 3.43. The molecule has 0 bridgehead atoms. The molecule has 0 aromatic heterocycles. The molecular formula is C8H5F3O3. The zero-order valence-corrected chi connectivity index (χ0v) is 6.97. The van der Waals surface area contributed by atoms with E-state index in [1.165, 1.54) is 0 Å². The van der Waals surface area contributed by atoms with Crippen LogP contribution in [0.1, 0.15) is 10.4 Å². The van der Waals surface area contributed by atoms with Gasteiger partial charge in [0.05, 0.1) is 7.11 Å². The Morgan fingerprint density at radius 1 is 1.36 bits per heavy atom. The van der Waals surface area contributed by atoms with Gasteiger partial charge in [0.15, 0.2) is 17.4 Å². The van der Waals surface area contributed by atoms with Crippen LogP contribution in [-0.4, -0.2) is 18.2 Å². The highest BCUT2D eigenvalue weighted by Gasteiger charge is 2.24. The van der Waals surface area contributed by atoms with E-state index in [0.717, 1.165) is 7.11 Å². The van der Waals surface area contributed by atoms with E-state index >= 15 is 0 Å². The summed E-state index contributed by atoms with van der Waals surface area (Å²) >= 11 is 0. The maximum atomic E-state index is 13.1. The Morgan fingerprint density at radius 2 is 1.93 bits per heavy atom. The second-order valence-electron chi connectivity index (χ2n) is 2.37. The van der Waals surface area contributed by atoms with Gasteiger partial charge in [0.1, 0.15) is 11.4 Å². The van der Waals surface area contributed by atoms with Gasteiger partial charge in [-0.3, -0.25) is 0 Å². The average Bonchev–Trinajstić information content (AvgIpc) is 2.02. The summed E-state index contributed by atoms with van der Waals surface area (Å²) in [5, 5.41) is 8.40. The van der Waals surface area contributed by atoms with Crippen molar-refractivity contribution in [2.45, 2.75) is 0 Å². The van der Waals surface area contributed by atoms with Crippen LogP contribution in [0.25, 0.3) is 0 Å². The number of halogens is 3. The van der Waals surface area contributed by atoms with Gasteiger partial charge in [0.2, 0.25) is 0 Å². The van der Waals surface area contributed by atoms with Crippen molar-refractivity contribution in [3.8, 4) is 5.75 Å². The molecule has 0 unspecified atom stereocenters. The minimum atomic E-state index is -1.82. The third kappa shape index (κ3) is 1.50. The largest absolute Gasteiger partial charge is 0.491 e. The predicted octanol–water partition coefficient (Wildman–Crippen LogP) is 1.81. The van der Waals surface area contributed by atoms with E-state index in [4.69, 9.17) is 5.11 Å². The lowest BCUT2D eigenvalue weighted by molar-refractivity contribution is 0.0685. The van der Waals surface area contributed by atoms with Gasteiger partial charge in [-0.2, -0.15) is 0 Å². The van der Waals surface area contributed by atoms with Crippen LogP contribution in [0.2, 0.25) is 0 Å². The van der Waals surface area contributed by atoms with Crippen LogP contribution in [0.15, 0.2) is 6.07 Å². The zero-order chi connectivity index (χ0) is 10.9. The molecule has 0 atom stereocenters. The van der Waals surface area contributed by atoms with Crippen LogP contribution >= 0.6 is 0 Å². The molecule has 1 aromatic rings. The van der Waals surface area contributed by atoms with E-state index in [0.29, 0.717) is 0 Å². The van der Waals surface area contributed by atoms with Crippen LogP contribution in [0.5, 0.6) is 5.75 Å². The highest BCUT2D eigenvalue weighted by Crippen LogP contribution is 2.26. The predicted molar refractivity (Wildman–Crippen MR) is 39.8 cm³/mol. The molecule has 1 N–H and O–H groups in total. The van der Waals surface area contributed by atoms with E-state index in [1.807, 2.05) is 0 Å². The summed E-state index contributed by atoms with van der Waals surface area (Å²) in [4.78, 5) is 10.4. The number of ether oxygens (including phenoxy) is 1. The quantitative estimate of drug-likeness (QED) is 0.802. The molecule has 0 radical (unpaired) electrons. The fourth-order valence-corrected chi connectivity index (χ4v) is 0.955. The van der Waals surface area contributed by atoms with Crippen LogP contribution in [-0.2, 0) is 0 Å². The maximum Gasteiger partial charge on any atom is 0.341 e. The van der Waals surface area contributed by atoms with Gasteiger partial charge in [-0.1, -0.05) is 0 Å². The molecule has 0 saturated carbocycles. The number of benzene rings is 1. The first-order valence-corrected chi connectivity index (χ1v) is 3.43. The molecule has 1 aromatic carbocycles. The van der Waals surface area contributed by atoms with Gasteiger partial charge < -0.3 is 9.84 Å². The molecule has 14 heavy (non-hydrogen) atoms. The van der Waals surface area contributed by atoms with Gasteiger partial charge in [-0.25, -0.2) is 18.0 Å². The summed E-state index contributed by atoms with van der Waals surface area (Å²) < 4.78 is 42.8. The van der Waals surface area contributed by atoms with Crippen LogP contribution in [0.3, 0.4) is 0 Å². The Morgan fingerprint density at radius 3 is 2.36 bits per heavy atom. The second-order valence-corrected chi connectivity index (χ2v) is 2.37. The van der Waals surface area contributed by atoms with Crippen molar-refractivity contribution < 1.29 is 27.8 Å². The summed E-state index contributed by atoms with van der Waals surface area (Å²) in [5.74, 6) is -7.06. The SMILES string of the molecule is COc1c(F)cc(F)c(C(=O)O)c1F. The number of carboxylic acids is 1. The molecule has 76 valence electrons. The summed E-state index contributed by atoms with van der Waals surface area (Å²) in [5.41, 5.74) is -1.23. The Hall–Kier alpha value is -1.72. The van der Waals surface area contributed by atoms with Crippen molar-refractivity contribution in [1.29, 1.82) is 0 Å². The normalized spacial score (nSPS) is 10.0. The van der Waals surface area contributed by atoms with Crippen molar-refractivity contribution in [1.82, 2.24) is 0 Å². The Kier molecular flexibility index (Phi) is 2.64. The minimum Gasteiger partial charge on any atom is -0.491 e. The number of carboxylic acid groups (broad SMARTS) is 1. The molecule has 3 nitrogen and oxygen atoms in total. The van der Waals surface area contributed by atoms with E-state index in [1.54, 1.807) is 0 Å². The summed E-state index contributed by atoms with van der Waals surface area (Å²) in [6.45, 7) is 0. The van der Waals surface area contributed by atoms with E-state index in [-0.39, 0.29) is 6.07 Å². The van der Waals surface area contributed by atoms with Crippen molar-refractivity contribution in [3.63, 3.8) is 0 Å². The number of hydrogen-bond acceptors (Lipinski definition) is 2. The molecule has 0 heterocycles. The van der Waals surface area contributed by atoms with Crippen LogP contribution < -0.4 is 4.74 Å². The third-order valence-corrected chi connectivity index (χ3v) is 1.55. The average molecular weight is 206 g/mol. The molecule has 0 aliphatic rings. The second kappa shape index (κ2) is 3.57. The van der Waals surface area contributed by atoms with E-state index < -0.39 is 34.7 Å². The maximum absolute atomic E-state index is 13.1. The first-order chi connectivity index (χ1) is 6.49. The topological polar surface area (TPSA) is 46.5 Å². The standard InChI is InChI=1S/C8H5F3O3/c1-14-7-4(10)2-3(9)5(6(7)11)8(12)13/h2H,1H3,(H,12,13). The Labute approximate surface area is 76.7 Å². The zero-order valence-electron chi connectivity index (χ0n) is 6.97. The van der Waals surface area contributed by atoms with Crippen molar-refractivity contribution >= 4 is 5.97 Å². The summed E-state index contributed by atoms with van der Waals surface area (Å²) in [6, 6.07) is 0.255. The minimum absolute atomic E-state index is 0.255. The molecule has 0 amide bonds. The number of methoxy groups -OCH3 is 1. The third-order valence-electron chi connectivity index (χ3n) is 1.55. The first kappa shape index (κ1) is 10.4. The molecule has 0 saturated heterocycles. The van der Waals surface area contributed by atoms with E-state index in [2.05, 4.69) is 4.74 Å². The molecule has 0 fully saturated rings. The van der Waals surface area contributed by atoms with Gasteiger partial charge in [-0.05, 0) is 0 Å². The summed E-state index contributed by atoms with van der Waals surface area (Å²) in [7, 11) is 0.949. The lowest BCUT2D eigenvalue weighted by atomic mass is 10.2. The van der Waals surface area contributed by atoms with Crippen molar-refractivity contribution in [2.24, 2.45) is 0 Å². The number of aromatic carboxylic acids is 1. The van der Waals surface area contributed by atoms with Gasteiger partial charge in [0, 0.05) is 6.07 Å². The highest BCUT2D eigenvalue weighted by atomic mass is 19.1. The van der Waals surface area contributed by atoms with Crippen LogP contribution in [0, 0.1) is 17.5 Å². The summed E-state index contributed by atoms with van der Waals surface area (Å²) in [6.07, 6.45) is 0. The van der Waals surface area contributed by atoms with E-state index in [9.17, 15) is 18.0 Å². The smallest absolute Gasteiger partial charge is 0.341 e. The van der Waals surface area contributed by atoms with Crippen molar-refractivity contribution in [3.05, 3.63) is 29.1 Å².